The third kappa shape index (κ3) is 3.46. The Balaban J connectivity index is 2.00. The summed E-state index contributed by atoms with van der Waals surface area (Å²) in [6.45, 7) is 0.482. The molecule has 2 N–H and O–H groups in total. The summed E-state index contributed by atoms with van der Waals surface area (Å²) in [6.07, 6.45) is 1.85. The van der Waals surface area contributed by atoms with E-state index in [2.05, 4.69) is 4.98 Å². The molecule has 0 bridgehead atoms. The fraction of sp³-hybridized carbons (Fsp3) is 0.154. The average Bonchev–Trinajstić information content (AvgIpc) is 2.38. The van der Waals surface area contributed by atoms with Crippen LogP contribution in [0.2, 0.25) is 5.02 Å². The van der Waals surface area contributed by atoms with Gasteiger partial charge in [0.2, 0.25) is 0 Å². The predicted octanol–water partition coefficient (Wildman–Crippen LogP) is 3.49. The van der Waals surface area contributed by atoms with Gasteiger partial charge in [0, 0.05) is 28.4 Å². The van der Waals surface area contributed by atoms with E-state index in [1.165, 1.54) is 0 Å². The molecule has 0 aliphatic carbocycles. The van der Waals surface area contributed by atoms with Crippen molar-refractivity contribution in [2.45, 2.75) is 17.2 Å². The minimum absolute atomic E-state index is 0.482. The number of aromatic nitrogens is 1. The smallest absolute Gasteiger partial charge is 0.0540 e. The number of benzene rings is 1. The molecule has 17 heavy (non-hydrogen) atoms. The largest absolute Gasteiger partial charge is 0.325 e. The maximum Gasteiger partial charge on any atom is 0.0540 e. The number of nitrogens with two attached hydrogens (primary N) is 1. The molecule has 2 rings (SSSR count). The monoisotopic (exact) mass is 264 g/mol. The Morgan fingerprint density at radius 3 is 2.65 bits per heavy atom. The quantitative estimate of drug-likeness (QED) is 0.860. The first kappa shape index (κ1) is 12.4. The summed E-state index contributed by atoms with van der Waals surface area (Å²) in [6, 6.07) is 11.9. The van der Waals surface area contributed by atoms with Gasteiger partial charge in [0.1, 0.15) is 0 Å². The number of rotatable bonds is 4. The van der Waals surface area contributed by atoms with Crippen LogP contribution in [0.25, 0.3) is 0 Å². The molecule has 88 valence electrons. The van der Waals surface area contributed by atoms with Crippen LogP contribution in [-0.2, 0) is 12.3 Å². The number of pyridine rings is 1. The lowest BCUT2D eigenvalue weighted by atomic mass is 10.2. The van der Waals surface area contributed by atoms with Gasteiger partial charge in [-0.05, 0) is 23.8 Å². The minimum Gasteiger partial charge on any atom is -0.325 e. The second-order valence-electron chi connectivity index (χ2n) is 3.57. The van der Waals surface area contributed by atoms with Crippen molar-refractivity contribution in [1.29, 1.82) is 0 Å². The van der Waals surface area contributed by atoms with Crippen LogP contribution in [0.1, 0.15) is 11.3 Å². The van der Waals surface area contributed by atoms with Crippen molar-refractivity contribution in [3.05, 3.63) is 58.9 Å². The third-order valence-electron chi connectivity index (χ3n) is 2.36. The Hall–Kier alpha value is -1.03. The van der Waals surface area contributed by atoms with Crippen molar-refractivity contribution in [1.82, 2.24) is 4.98 Å². The number of nitrogens with zero attached hydrogens (tertiary/aromatic N) is 1. The van der Waals surface area contributed by atoms with Gasteiger partial charge in [-0.1, -0.05) is 29.8 Å². The van der Waals surface area contributed by atoms with E-state index in [-0.39, 0.29) is 0 Å². The summed E-state index contributed by atoms with van der Waals surface area (Å²) < 4.78 is 0. The molecule has 0 spiro atoms. The zero-order chi connectivity index (χ0) is 12.1. The van der Waals surface area contributed by atoms with Gasteiger partial charge in [0.05, 0.1) is 5.69 Å². The summed E-state index contributed by atoms with van der Waals surface area (Å²) in [5.41, 5.74) is 7.55. The summed E-state index contributed by atoms with van der Waals surface area (Å²) >= 11 is 7.81. The molecule has 0 saturated heterocycles. The first-order valence-corrected chi connectivity index (χ1v) is 6.67. The predicted molar refractivity (Wildman–Crippen MR) is 73.1 cm³/mol. The van der Waals surface area contributed by atoms with E-state index in [1.54, 1.807) is 11.8 Å². The van der Waals surface area contributed by atoms with Gasteiger partial charge in [-0.15, -0.1) is 11.8 Å². The summed E-state index contributed by atoms with van der Waals surface area (Å²) in [5, 5.41) is 0.812. The topological polar surface area (TPSA) is 38.9 Å². The zero-order valence-corrected chi connectivity index (χ0v) is 10.8. The fourth-order valence-corrected chi connectivity index (χ4v) is 2.54. The van der Waals surface area contributed by atoms with E-state index in [9.17, 15) is 0 Å². The Morgan fingerprint density at radius 1 is 1.18 bits per heavy atom. The molecule has 1 aromatic heterocycles. The van der Waals surface area contributed by atoms with Crippen LogP contribution in [0, 0.1) is 0 Å². The van der Waals surface area contributed by atoms with Crippen LogP contribution in [-0.4, -0.2) is 4.98 Å². The van der Waals surface area contributed by atoms with E-state index in [0.717, 1.165) is 26.9 Å². The second kappa shape index (κ2) is 6.05. The average molecular weight is 265 g/mol. The van der Waals surface area contributed by atoms with Crippen LogP contribution >= 0.6 is 23.4 Å². The molecule has 0 aliphatic rings. The fourth-order valence-electron chi connectivity index (χ4n) is 1.39. The van der Waals surface area contributed by atoms with Gasteiger partial charge in [0.15, 0.2) is 0 Å². The molecule has 1 heterocycles. The highest BCUT2D eigenvalue weighted by Gasteiger charge is 2.01. The molecule has 0 unspecified atom stereocenters. The highest BCUT2D eigenvalue weighted by atomic mass is 35.5. The molecule has 1 aromatic carbocycles. The van der Waals surface area contributed by atoms with Crippen molar-refractivity contribution in [2.75, 3.05) is 0 Å². The zero-order valence-electron chi connectivity index (χ0n) is 9.27. The van der Waals surface area contributed by atoms with Crippen molar-refractivity contribution in [2.24, 2.45) is 5.73 Å². The van der Waals surface area contributed by atoms with Crippen LogP contribution in [0.5, 0.6) is 0 Å². The van der Waals surface area contributed by atoms with E-state index in [4.69, 9.17) is 17.3 Å². The normalized spacial score (nSPS) is 10.5. The number of thioether (sulfide) groups is 1. The highest BCUT2D eigenvalue weighted by Crippen LogP contribution is 2.25. The minimum atomic E-state index is 0.482. The lowest BCUT2D eigenvalue weighted by Gasteiger charge is -2.04. The molecular formula is C13H13ClN2S. The molecule has 4 heteroatoms. The Morgan fingerprint density at radius 2 is 2.00 bits per heavy atom. The van der Waals surface area contributed by atoms with Crippen molar-refractivity contribution >= 4 is 23.4 Å². The number of hydrogen-bond donors (Lipinski definition) is 1. The first-order valence-electron chi connectivity index (χ1n) is 5.31. The third-order valence-corrected chi connectivity index (χ3v) is 3.76. The molecule has 0 saturated carbocycles. The maximum atomic E-state index is 6.09. The van der Waals surface area contributed by atoms with Crippen LogP contribution in [0.3, 0.4) is 0 Å². The number of hydrogen-bond acceptors (Lipinski definition) is 3. The molecule has 2 nitrogen and oxygen atoms in total. The van der Waals surface area contributed by atoms with Crippen molar-refractivity contribution in [3.63, 3.8) is 0 Å². The lowest BCUT2D eigenvalue weighted by Crippen LogP contribution is -1.98. The summed E-state index contributed by atoms with van der Waals surface area (Å²) in [5.74, 6) is 0.851. The van der Waals surface area contributed by atoms with E-state index in [0.29, 0.717) is 6.54 Å². The van der Waals surface area contributed by atoms with Crippen LogP contribution in [0.15, 0.2) is 47.5 Å². The van der Waals surface area contributed by atoms with Gasteiger partial charge < -0.3 is 5.73 Å². The first-order chi connectivity index (χ1) is 8.29. The maximum absolute atomic E-state index is 6.09. The molecule has 2 aromatic rings. The van der Waals surface area contributed by atoms with E-state index >= 15 is 0 Å². The van der Waals surface area contributed by atoms with Crippen molar-refractivity contribution in [3.8, 4) is 0 Å². The second-order valence-corrected chi connectivity index (χ2v) is 5.03. The van der Waals surface area contributed by atoms with E-state index in [1.807, 2.05) is 42.6 Å². The van der Waals surface area contributed by atoms with Gasteiger partial charge in [-0.25, -0.2) is 0 Å². The van der Waals surface area contributed by atoms with Crippen LogP contribution < -0.4 is 5.73 Å². The SMILES string of the molecule is NCc1ccc(SCc2ccccc2Cl)cn1. The van der Waals surface area contributed by atoms with Crippen LogP contribution in [0.4, 0.5) is 0 Å². The molecular weight excluding hydrogens is 252 g/mol. The van der Waals surface area contributed by atoms with E-state index < -0.39 is 0 Å². The molecule has 0 atom stereocenters. The number of halogens is 1. The lowest BCUT2D eigenvalue weighted by molar-refractivity contribution is 0.977. The Labute approximate surface area is 110 Å². The molecule has 0 aliphatic heterocycles. The Kier molecular flexibility index (Phi) is 4.42. The standard InChI is InChI=1S/C13H13ClN2S/c14-13-4-2-1-3-10(13)9-17-12-6-5-11(7-15)16-8-12/h1-6,8H,7,9,15H2. The highest BCUT2D eigenvalue weighted by molar-refractivity contribution is 7.98. The summed E-state index contributed by atoms with van der Waals surface area (Å²) in [4.78, 5) is 5.38. The van der Waals surface area contributed by atoms with Gasteiger partial charge in [0.25, 0.3) is 0 Å². The molecule has 0 fully saturated rings. The molecule has 0 amide bonds. The van der Waals surface area contributed by atoms with Crippen molar-refractivity contribution < 1.29 is 0 Å². The van der Waals surface area contributed by atoms with Gasteiger partial charge in [-0.2, -0.15) is 0 Å². The van der Waals surface area contributed by atoms with Gasteiger partial charge in [-0.3, -0.25) is 4.98 Å². The summed E-state index contributed by atoms with van der Waals surface area (Å²) in [7, 11) is 0. The Bertz CT molecular complexity index is 485. The van der Waals surface area contributed by atoms with Gasteiger partial charge >= 0.3 is 0 Å². The molecule has 0 radical (unpaired) electrons.